The number of nitrogens with zero attached hydrogens (tertiary/aromatic N) is 4. The van der Waals surface area contributed by atoms with E-state index in [0.29, 0.717) is 11.1 Å². The van der Waals surface area contributed by atoms with Crippen molar-refractivity contribution >= 4 is 28.1 Å². The Bertz CT molecular complexity index is 545. The second kappa shape index (κ2) is 5.86. The molecule has 1 heterocycles. The number of anilines is 1. The fraction of sp³-hybridized carbons (Fsp3) is 0.385. The van der Waals surface area contributed by atoms with E-state index in [4.69, 9.17) is 11.6 Å². The maximum absolute atomic E-state index is 6.19. The minimum Gasteiger partial charge on any atom is -0.277 e. The van der Waals surface area contributed by atoms with Crippen molar-refractivity contribution in [3.63, 3.8) is 0 Å². The van der Waals surface area contributed by atoms with Crippen LogP contribution in [0.5, 0.6) is 0 Å². The van der Waals surface area contributed by atoms with Crippen molar-refractivity contribution in [1.29, 1.82) is 0 Å². The number of hydrogen-bond acceptors (Lipinski definition) is 5. The SMILES string of the molecule is CC(C)N(c1nnc(-c2ccccc2Cl)s1)N(C)C. The standard InChI is InChI=1S/C13H17ClN4S/c1-9(2)18(17(3)4)13-16-15-12(19-13)10-7-5-6-8-11(10)14/h5-9H,1-4H3. The van der Waals surface area contributed by atoms with Gasteiger partial charge in [0.25, 0.3) is 0 Å². The molecule has 0 radical (unpaired) electrons. The second-order valence-electron chi connectivity index (χ2n) is 4.66. The van der Waals surface area contributed by atoms with Crippen LogP contribution in [0.15, 0.2) is 24.3 Å². The van der Waals surface area contributed by atoms with Gasteiger partial charge in [-0.05, 0) is 19.9 Å². The van der Waals surface area contributed by atoms with Gasteiger partial charge in [0.1, 0.15) is 0 Å². The molecule has 0 fully saturated rings. The Hall–Kier alpha value is -1.17. The first-order chi connectivity index (χ1) is 9.00. The van der Waals surface area contributed by atoms with Crippen molar-refractivity contribution in [3.8, 4) is 10.6 Å². The largest absolute Gasteiger partial charge is 0.277 e. The average Bonchev–Trinajstić information content (AvgIpc) is 2.77. The van der Waals surface area contributed by atoms with Gasteiger partial charge in [-0.15, -0.1) is 10.2 Å². The molecule has 102 valence electrons. The van der Waals surface area contributed by atoms with Crippen LogP contribution in [0.2, 0.25) is 5.02 Å². The first kappa shape index (κ1) is 14.2. The summed E-state index contributed by atoms with van der Waals surface area (Å²) in [6.45, 7) is 4.24. The summed E-state index contributed by atoms with van der Waals surface area (Å²) in [6, 6.07) is 8.01. The van der Waals surface area contributed by atoms with Crippen molar-refractivity contribution in [2.45, 2.75) is 19.9 Å². The molecule has 0 atom stereocenters. The quantitative estimate of drug-likeness (QED) is 0.808. The van der Waals surface area contributed by atoms with Crippen LogP contribution in [0.4, 0.5) is 5.13 Å². The summed E-state index contributed by atoms with van der Waals surface area (Å²) in [5, 5.41) is 15.0. The minimum atomic E-state index is 0.321. The normalized spacial score (nSPS) is 11.3. The van der Waals surface area contributed by atoms with E-state index in [1.807, 2.05) is 43.4 Å². The number of rotatable bonds is 4. The molecule has 6 heteroatoms. The average molecular weight is 297 g/mol. The van der Waals surface area contributed by atoms with Gasteiger partial charge in [0, 0.05) is 25.7 Å². The van der Waals surface area contributed by atoms with Gasteiger partial charge in [-0.1, -0.05) is 41.1 Å². The van der Waals surface area contributed by atoms with Gasteiger partial charge in [-0.2, -0.15) is 0 Å². The van der Waals surface area contributed by atoms with Gasteiger partial charge in [-0.3, -0.25) is 5.01 Å². The monoisotopic (exact) mass is 296 g/mol. The lowest BCUT2D eigenvalue weighted by Crippen LogP contribution is -2.42. The molecular formula is C13H17ClN4S. The lowest BCUT2D eigenvalue weighted by atomic mass is 10.2. The smallest absolute Gasteiger partial charge is 0.223 e. The Morgan fingerprint density at radius 2 is 1.84 bits per heavy atom. The molecule has 0 saturated heterocycles. The molecule has 0 N–H and O–H groups in total. The third-order valence-electron chi connectivity index (χ3n) is 2.63. The topological polar surface area (TPSA) is 32.3 Å². The van der Waals surface area contributed by atoms with Crippen LogP contribution in [-0.4, -0.2) is 35.3 Å². The predicted octanol–water partition coefficient (Wildman–Crippen LogP) is 3.55. The molecule has 4 nitrogen and oxygen atoms in total. The summed E-state index contributed by atoms with van der Waals surface area (Å²) < 4.78 is 0. The van der Waals surface area contributed by atoms with Crippen molar-refractivity contribution in [2.24, 2.45) is 0 Å². The van der Waals surface area contributed by atoms with E-state index in [-0.39, 0.29) is 0 Å². The first-order valence-electron chi connectivity index (χ1n) is 6.05. The van der Waals surface area contributed by atoms with Gasteiger partial charge in [0.15, 0.2) is 5.01 Å². The number of hydrogen-bond donors (Lipinski definition) is 0. The molecule has 0 amide bonds. The van der Waals surface area contributed by atoms with Crippen LogP contribution in [0.1, 0.15) is 13.8 Å². The van der Waals surface area contributed by atoms with Crippen LogP contribution in [0, 0.1) is 0 Å². The highest BCUT2D eigenvalue weighted by Crippen LogP contribution is 2.33. The van der Waals surface area contributed by atoms with Gasteiger partial charge in [-0.25, -0.2) is 5.01 Å². The highest BCUT2D eigenvalue weighted by atomic mass is 35.5. The van der Waals surface area contributed by atoms with Crippen molar-refractivity contribution < 1.29 is 0 Å². The highest BCUT2D eigenvalue weighted by molar-refractivity contribution is 7.18. The molecule has 0 aliphatic heterocycles. The molecule has 0 unspecified atom stereocenters. The lowest BCUT2D eigenvalue weighted by molar-refractivity contribution is 0.339. The second-order valence-corrected chi connectivity index (χ2v) is 6.02. The number of halogens is 1. The van der Waals surface area contributed by atoms with Crippen LogP contribution < -0.4 is 5.01 Å². The summed E-state index contributed by atoms with van der Waals surface area (Å²) in [5.74, 6) is 0. The van der Waals surface area contributed by atoms with Gasteiger partial charge >= 0.3 is 0 Å². The zero-order chi connectivity index (χ0) is 14.0. The van der Waals surface area contributed by atoms with Crippen LogP contribution in [-0.2, 0) is 0 Å². The third kappa shape index (κ3) is 3.05. The maximum atomic E-state index is 6.19. The Kier molecular flexibility index (Phi) is 4.39. The molecule has 1 aromatic carbocycles. The zero-order valence-corrected chi connectivity index (χ0v) is 13.0. The van der Waals surface area contributed by atoms with E-state index >= 15 is 0 Å². The summed E-state index contributed by atoms with van der Waals surface area (Å²) in [4.78, 5) is 0. The van der Waals surface area contributed by atoms with E-state index in [2.05, 4.69) is 29.1 Å². The van der Waals surface area contributed by atoms with E-state index in [0.717, 1.165) is 15.7 Å². The van der Waals surface area contributed by atoms with Crippen LogP contribution in [0.25, 0.3) is 10.6 Å². The van der Waals surface area contributed by atoms with Gasteiger partial charge in [0.05, 0.1) is 5.02 Å². The molecule has 2 rings (SSSR count). The fourth-order valence-electron chi connectivity index (χ4n) is 1.91. The van der Waals surface area contributed by atoms with Gasteiger partial charge < -0.3 is 0 Å². The van der Waals surface area contributed by atoms with Crippen molar-refractivity contribution in [2.75, 3.05) is 19.1 Å². The Morgan fingerprint density at radius 1 is 1.16 bits per heavy atom. The maximum Gasteiger partial charge on any atom is 0.223 e. The molecule has 0 aliphatic rings. The zero-order valence-electron chi connectivity index (χ0n) is 11.5. The van der Waals surface area contributed by atoms with Crippen LogP contribution in [0.3, 0.4) is 0 Å². The lowest BCUT2D eigenvalue weighted by Gasteiger charge is -2.31. The van der Waals surface area contributed by atoms with E-state index in [1.165, 1.54) is 0 Å². The predicted molar refractivity (Wildman–Crippen MR) is 81.7 cm³/mol. The number of benzene rings is 1. The van der Waals surface area contributed by atoms with E-state index < -0.39 is 0 Å². The molecule has 0 bridgehead atoms. The fourth-order valence-corrected chi connectivity index (χ4v) is 3.28. The van der Waals surface area contributed by atoms with E-state index in [9.17, 15) is 0 Å². The molecule has 0 spiro atoms. The number of aromatic nitrogens is 2. The Morgan fingerprint density at radius 3 is 2.42 bits per heavy atom. The molecule has 0 aliphatic carbocycles. The molecule has 1 aromatic heterocycles. The summed E-state index contributed by atoms with van der Waals surface area (Å²) in [6.07, 6.45) is 0. The van der Waals surface area contributed by atoms with E-state index in [1.54, 1.807) is 11.3 Å². The molecule has 19 heavy (non-hydrogen) atoms. The van der Waals surface area contributed by atoms with Crippen molar-refractivity contribution in [3.05, 3.63) is 29.3 Å². The van der Waals surface area contributed by atoms with Crippen molar-refractivity contribution in [1.82, 2.24) is 15.2 Å². The summed E-state index contributed by atoms with van der Waals surface area (Å²) in [7, 11) is 3.99. The summed E-state index contributed by atoms with van der Waals surface area (Å²) >= 11 is 7.73. The molecule has 0 saturated carbocycles. The molecule has 2 aromatic rings. The Balaban J connectivity index is 2.36. The molecular weight excluding hydrogens is 280 g/mol. The summed E-state index contributed by atoms with van der Waals surface area (Å²) in [5.41, 5.74) is 0.926. The number of hydrazine groups is 1. The van der Waals surface area contributed by atoms with Crippen LogP contribution >= 0.6 is 22.9 Å². The third-order valence-corrected chi connectivity index (χ3v) is 3.91. The first-order valence-corrected chi connectivity index (χ1v) is 7.25. The Labute approximate surface area is 122 Å². The minimum absolute atomic E-state index is 0.321. The van der Waals surface area contributed by atoms with Gasteiger partial charge in [0.2, 0.25) is 5.13 Å². The highest BCUT2D eigenvalue weighted by Gasteiger charge is 2.19.